The van der Waals surface area contributed by atoms with E-state index < -0.39 is 0 Å². The van der Waals surface area contributed by atoms with Crippen molar-refractivity contribution in [2.24, 2.45) is 0 Å². The Morgan fingerprint density at radius 2 is 2.16 bits per heavy atom. The Hall–Kier alpha value is -1.39. The first-order valence-electron chi connectivity index (χ1n) is 5.60. The van der Waals surface area contributed by atoms with Crippen molar-refractivity contribution in [1.29, 1.82) is 5.26 Å². The highest BCUT2D eigenvalue weighted by atomic mass is 127. The third-order valence-electron chi connectivity index (χ3n) is 2.81. The first kappa shape index (κ1) is 14.0. The zero-order valence-electron chi connectivity index (χ0n) is 10.5. The summed E-state index contributed by atoms with van der Waals surface area (Å²) in [5.74, 6) is -0.184. The van der Waals surface area contributed by atoms with Gasteiger partial charge in [-0.3, -0.25) is 4.79 Å². The van der Waals surface area contributed by atoms with E-state index in [2.05, 4.69) is 34.0 Å². The van der Waals surface area contributed by atoms with Gasteiger partial charge in [-0.1, -0.05) is 6.07 Å². The predicted octanol–water partition coefficient (Wildman–Crippen LogP) is 4.09. The third kappa shape index (κ3) is 2.96. The summed E-state index contributed by atoms with van der Waals surface area (Å²) in [5, 5.41) is 12.6. The average molecular weight is 382 g/mol. The van der Waals surface area contributed by atoms with Crippen molar-refractivity contribution in [2.45, 2.75) is 13.8 Å². The molecule has 0 aliphatic carbocycles. The number of nitrogens with zero attached hydrogens (tertiary/aromatic N) is 1. The molecule has 0 atom stereocenters. The quantitative estimate of drug-likeness (QED) is 0.796. The van der Waals surface area contributed by atoms with E-state index in [4.69, 9.17) is 5.26 Å². The van der Waals surface area contributed by atoms with Crippen LogP contribution >= 0.6 is 33.9 Å². The van der Waals surface area contributed by atoms with E-state index in [0.29, 0.717) is 16.1 Å². The van der Waals surface area contributed by atoms with Gasteiger partial charge in [0.15, 0.2) is 0 Å². The van der Waals surface area contributed by atoms with Gasteiger partial charge in [-0.05, 0) is 60.2 Å². The largest absolute Gasteiger partial charge is 0.312 e. The fourth-order valence-corrected chi connectivity index (χ4v) is 3.20. The summed E-state index contributed by atoms with van der Waals surface area (Å²) in [6.45, 7) is 3.84. The van der Waals surface area contributed by atoms with E-state index >= 15 is 0 Å². The number of halogens is 1. The van der Waals surface area contributed by atoms with Crippen LogP contribution in [-0.2, 0) is 0 Å². The van der Waals surface area contributed by atoms with E-state index in [0.717, 1.165) is 14.0 Å². The minimum atomic E-state index is -0.184. The number of aryl methyl sites for hydroxylation is 1. The van der Waals surface area contributed by atoms with Gasteiger partial charge in [0, 0.05) is 14.0 Å². The molecule has 1 aromatic carbocycles. The smallest absolute Gasteiger partial charge is 0.256 e. The van der Waals surface area contributed by atoms with Crippen LogP contribution in [0.2, 0.25) is 0 Å². The molecule has 5 heteroatoms. The summed E-state index contributed by atoms with van der Waals surface area (Å²) >= 11 is 3.60. The van der Waals surface area contributed by atoms with Gasteiger partial charge in [0.05, 0.1) is 5.56 Å². The van der Waals surface area contributed by atoms with Crippen LogP contribution < -0.4 is 5.32 Å². The highest BCUT2D eigenvalue weighted by molar-refractivity contribution is 14.1. The van der Waals surface area contributed by atoms with Crippen molar-refractivity contribution in [3.05, 3.63) is 49.4 Å². The molecular formula is C14H11IN2OS. The Kier molecular flexibility index (Phi) is 4.22. The Morgan fingerprint density at radius 3 is 2.79 bits per heavy atom. The molecule has 2 rings (SSSR count). The van der Waals surface area contributed by atoms with Crippen LogP contribution in [0.5, 0.6) is 0 Å². The number of hydrogen-bond donors (Lipinski definition) is 1. The number of thiophene rings is 1. The summed E-state index contributed by atoms with van der Waals surface area (Å²) in [5.41, 5.74) is 2.09. The second-order valence-corrected chi connectivity index (χ2v) is 6.53. The van der Waals surface area contributed by atoms with E-state index in [1.807, 2.05) is 32.0 Å². The number of nitriles is 1. The topological polar surface area (TPSA) is 52.9 Å². The lowest BCUT2D eigenvalue weighted by atomic mass is 10.2. The molecular weight excluding hydrogens is 371 g/mol. The van der Waals surface area contributed by atoms with Gasteiger partial charge in [-0.25, -0.2) is 0 Å². The molecule has 2 aromatic rings. The molecule has 0 aliphatic heterocycles. The van der Waals surface area contributed by atoms with Gasteiger partial charge >= 0.3 is 0 Å². The van der Waals surface area contributed by atoms with Crippen molar-refractivity contribution in [3.63, 3.8) is 0 Å². The van der Waals surface area contributed by atoms with Gasteiger partial charge in [0.25, 0.3) is 5.91 Å². The van der Waals surface area contributed by atoms with Crippen LogP contribution in [0.4, 0.5) is 5.00 Å². The van der Waals surface area contributed by atoms with Gasteiger partial charge in [-0.15, -0.1) is 11.3 Å². The van der Waals surface area contributed by atoms with Crippen LogP contribution in [0.15, 0.2) is 24.3 Å². The minimum Gasteiger partial charge on any atom is -0.312 e. The third-order valence-corrected chi connectivity index (χ3v) is 4.60. The van der Waals surface area contributed by atoms with Gasteiger partial charge < -0.3 is 5.32 Å². The SMILES string of the molecule is Cc1sc(NC(=O)c2cccc(I)c2)c(C#N)c1C. The summed E-state index contributed by atoms with van der Waals surface area (Å²) < 4.78 is 1.00. The number of amides is 1. The van der Waals surface area contributed by atoms with Crippen molar-refractivity contribution in [2.75, 3.05) is 5.32 Å². The normalized spacial score (nSPS) is 10.0. The zero-order valence-corrected chi connectivity index (χ0v) is 13.4. The summed E-state index contributed by atoms with van der Waals surface area (Å²) in [6.07, 6.45) is 0. The van der Waals surface area contributed by atoms with Crippen LogP contribution in [0.25, 0.3) is 0 Å². The highest BCUT2D eigenvalue weighted by Crippen LogP contribution is 2.31. The number of nitrogens with one attached hydrogen (secondary N) is 1. The van der Waals surface area contributed by atoms with Gasteiger partial charge in [0.1, 0.15) is 11.1 Å². The molecule has 0 saturated carbocycles. The summed E-state index contributed by atoms with van der Waals surface area (Å²) in [4.78, 5) is 13.2. The Morgan fingerprint density at radius 1 is 1.42 bits per heavy atom. The first-order chi connectivity index (χ1) is 9.02. The molecule has 96 valence electrons. The lowest BCUT2D eigenvalue weighted by Crippen LogP contribution is -2.11. The molecule has 0 unspecified atom stereocenters. The number of carbonyl (C=O) groups is 1. The van der Waals surface area contributed by atoms with Crippen molar-refractivity contribution in [1.82, 2.24) is 0 Å². The average Bonchev–Trinajstić information content (AvgIpc) is 2.64. The van der Waals surface area contributed by atoms with Gasteiger partial charge in [0.2, 0.25) is 0 Å². The Labute approximate surface area is 129 Å². The maximum atomic E-state index is 12.1. The number of carbonyl (C=O) groups excluding carboxylic acids is 1. The summed E-state index contributed by atoms with van der Waals surface area (Å²) in [7, 11) is 0. The second kappa shape index (κ2) is 5.72. The molecule has 1 heterocycles. The molecule has 0 saturated heterocycles. The lowest BCUT2D eigenvalue weighted by Gasteiger charge is -2.03. The molecule has 1 amide bonds. The van der Waals surface area contributed by atoms with E-state index in [-0.39, 0.29) is 5.91 Å². The first-order valence-corrected chi connectivity index (χ1v) is 7.49. The Balaban J connectivity index is 2.30. The molecule has 0 fully saturated rings. The van der Waals surface area contributed by atoms with Crippen LogP contribution in [0.3, 0.4) is 0 Å². The van der Waals surface area contributed by atoms with E-state index in [1.165, 1.54) is 11.3 Å². The van der Waals surface area contributed by atoms with Crippen molar-refractivity contribution < 1.29 is 4.79 Å². The number of rotatable bonds is 2. The fourth-order valence-electron chi connectivity index (χ4n) is 1.65. The van der Waals surface area contributed by atoms with Crippen molar-refractivity contribution >= 4 is 44.8 Å². The standard InChI is InChI=1S/C14H11IN2OS/c1-8-9(2)19-14(12(8)7-16)17-13(18)10-4-3-5-11(15)6-10/h3-6H,1-2H3,(H,17,18). The molecule has 0 spiro atoms. The molecule has 0 radical (unpaired) electrons. The van der Waals surface area contributed by atoms with Gasteiger partial charge in [-0.2, -0.15) is 5.26 Å². The van der Waals surface area contributed by atoms with Crippen molar-refractivity contribution in [3.8, 4) is 6.07 Å². The predicted molar refractivity (Wildman–Crippen MR) is 85.6 cm³/mol. The summed E-state index contributed by atoms with van der Waals surface area (Å²) in [6, 6.07) is 9.49. The highest BCUT2D eigenvalue weighted by Gasteiger charge is 2.15. The molecule has 0 bridgehead atoms. The number of hydrogen-bond acceptors (Lipinski definition) is 3. The Bertz CT molecular complexity index is 685. The second-order valence-electron chi connectivity index (χ2n) is 4.06. The minimum absolute atomic E-state index is 0.184. The number of anilines is 1. The van der Waals surface area contributed by atoms with Crippen LogP contribution in [-0.4, -0.2) is 5.91 Å². The molecule has 1 aromatic heterocycles. The fraction of sp³-hybridized carbons (Fsp3) is 0.143. The number of benzene rings is 1. The molecule has 19 heavy (non-hydrogen) atoms. The maximum Gasteiger partial charge on any atom is 0.256 e. The van der Waals surface area contributed by atoms with Crippen LogP contribution in [0.1, 0.15) is 26.4 Å². The van der Waals surface area contributed by atoms with E-state index in [9.17, 15) is 4.79 Å². The molecule has 3 nitrogen and oxygen atoms in total. The van der Waals surface area contributed by atoms with E-state index in [1.54, 1.807) is 6.07 Å². The zero-order chi connectivity index (χ0) is 14.0. The monoisotopic (exact) mass is 382 g/mol. The molecule has 1 N–H and O–H groups in total. The lowest BCUT2D eigenvalue weighted by molar-refractivity contribution is 0.102. The van der Waals surface area contributed by atoms with Crippen LogP contribution in [0, 0.1) is 28.7 Å². The molecule has 0 aliphatic rings. The maximum absolute atomic E-state index is 12.1.